The van der Waals surface area contributed by atoms with Gasteiger partial charge in [0.1, 0.15) is 0 Å². The van der Waals surface area contributed by atoms with Crippen molar-refractivity contribution in [2.45, 2.75) is 38.9 Å². The molecule has 3 aromatic carbocycles. The van der Waals surface area contributed by atoms with Gasteiger partial charge in [-0.05, 0) is 16.7 Å². The van der Waals surface area contributed by atoms with Crippen LogP contribution in [0.5, 0.6) is 17.2 Å². The molecule has 0 radical (unpaired) electrons. The fourth-order valence-electron chi connectivity index (χ4n) is 3.90. The Labute approximate surface area is 237 Å². The van der Waals surface area contributed by atoms with Gasteiger partial charge in [0, 0.05) is 0 Å². The van der Waals surface area contributed by atoms with Gasteiger partial charge in [-0.1, -0.05) is 112 Å². The normalized spacial score (nSPS) is 19.4. The molecule has 0 fully saturated rings. The summed E-state index contributed by atoms with van der Waals surface area (Å²) in [5, 5.41) is 46.6. The number of benzene rings is 3. The third-order valence-corrected chi connectivity index (χ3v) is 5.75. The minimum Gasteiger partial charge on any atom is -0.873 e. The van der Waals surface area contributed by atoms with E-state index in [2.05, 4.69) is 16.0 Å². The predicted octanol–water partition coefficient (Wildman–Crippen LogP) is 6.16. The van der Waals surface area contributed by atoms with Gasteiger partial charge in [-0.2, -0.15) is 0 Å². The molecule has 3 aliphatic heterocycles. The molecule has 3 unspecified atom stereocenters. The summed E-state index contributed by atoms with van der Waals surface area (Å²) in [6, 6.07) is 16.0. The Bertz CT molecular complexity index is 1160. The Balaban J connectivity index is 0.000000152. The van der Waals surface area contributed by atoms with Gasteiger partial charge in [0.2, 0.25) is 0 Å². The van der Waals surface area contributed by atoms with Crippen LogP contribution in [0.4, 0.5) is 17.1 Å². The fraction of sp³-hybridized carbons (Fsp3) is 0.200. The Hall–Kier alpha value is -3.45. The monoisotopic (exact) mass is 592 g/mol. The van der Waals surface area contributed by atoms with Crippen LogP contribution < -0.4 is 15.3 Å². The van der Waals surface area contributed by atoms with Crippen molar-refractivity contribution in [1.82, 2.24) is 0 Å². The predicted molar refractivity (Wildman–Crippen MR) is 148 cm³/mol. The molecule has 0 amide bonds. The van der Waals surface area contributed by atoms with Crippen LogP contribution in [0.25, 0.3) is 34.2 Å². The number of fused-ring (bicyclic) bond motifs is 3. The summed E-state index contributed by atoms with van der Waals surface area (Å²) in [4.78, 5) is 0. The van der Waals surface area contributed by atoms with Crippen molar-refractivity contribution in [3.8, 4) is 17.2 Å². The zero-order valence-corrected chi connectivity index (χ0v) is 24.3. The van der Waals surface area contributed by atoms with Gasteiger partial charge in [-0.25, -0.2) is 0 Å². The summed E-state index contributed by atoms with van der Waals surface area (Å²) in [6.45, 7) is 5.89. The van der Waals surface area contributed by atoms with Gasteiger partial charge in [0.05, 0.1) is 0 Å². The Kier molecular flexibility index (Phi) is 9.64. The van der Waals surface area contributed by atoms with E-state index in [-0.39, 0.29) is 61.2 Å². The first-order valence-electron chi connectivity index (χ1n) is 11.9. The second-order valence-corrected chi connectivity index (χ2v) is 8.77. The maximum atomic E-state index is 11.3. The molecule has 0 spiro atoms. The molecule has 186 valence electrons. The molecule has 0 saturated heterocycles. The number of para-hydroxylation sites is 3. The second kappa shape index (κ2) is 12.7. The molecule has 0 aliphatic carbocycles. The van der Waals surface area contributed by atoms with Crippen LogP contribution in [0.15, 0.2) is 72.8 Å². The minimum absolute atomic E-state index is 0. The average Bonchev–Trinajstić information content (AvgIpc) is 2.87. The van der Waals surface area contributed by atoms with E-state index in [1.165, 1.54) is 0 Å². The maximum Gasteiger partial charge on any atom is 3.00 e. The molecule has 0 aromatic heterocycles. The van der Waals surface area contributed by atoms with E-state index in [1.54, 1.807) is 36.4 Å². The molecule has 0 bridgehead atoms. The minimum atomic E-state index is 0. The fourth-order valence-corrected chi connectivity index (χ4v) is 3.90. The van der Waals surface area contributed by atoms with Gasteiger partial charge < -0.3 is 31.3 Å². The molecule has 3 heterocycles. The van der Waals surface area contributed by atoms with Gasteiger partial charge in [-0.15, -0.1) is 52.4 Å². The number of hydrogen-bond donors (Lipinski definition) is 0. The van der Waals surface area contributed by atoms with Crippen molar-refractivity contribution in [3.05, 3.63) is 105 Å². The van der Waals surface area contributed by atoms with Gasteiger partial charge in [-0.3, -0.25) is 0 Å². The molecule has 3 aliphatic rings. The van der Waals surface area contributed by atoms with Crippen LogP contribution in [0.2, 0.25) is 0 Å². The molecular weight excluding hydrogens is 565 g/mol. The van der Waals surface area contributed by atoms with E-state index in [0.717, 1.165) is 16.7 Å². The summed E-state index contributed by atoms with van der Waals surface area (Å²) in [5.41, 5.74) is 4.61. The van der Waals surface area contributed by atoms with E-state index in [0.29, 0.717) is 17.1 Å². The topological polar surface area (TPSA) is 111 Å². The standard InChI is InChI=1S/3C10H10NO.In/c3*1-7-5-6-8-3-2-4-9(12)10(8)11-7;/h3*2-7,12H,1H3;/q3*-1;+3/p-3. The van der Waals surface area contributed by atoms with E-state index >= 15 is 0 Å². The van der Waals surface area contributed by atoms with Crippen molar-refractivity contribution in [2.24, 2.45) is 0 Å². The molecule has 3 atom stereocenters. The second-order valence-electron chi connectivity index (χ2n) is 8.77. The van der Waals surface area contributed by atoms with Gasteiger partial charge in [0.15, 0.2) is 0 Å². The number of nitrogens with zero attached hydrogens (tertiary/aromatic N) is 3. The Morgan fingerprint density at radius 1 is 0.486 bits per heavy atom. The summed E-state index contributed by atoms with van der Waals surface area (Å²) >= 11 is 0. The quantitative estimate of drug-likeness (QED) is 0.312. The van der Waals surface area contributed by atoms with Crippen molar-refractivity contribution in [2.75, 3.05) is 0 Å². The van der Waals surface area contributed by atoms with Crippen LogP contribution in [-0.2, 0) is 0 Å². The third-order valence-electron chi connectivity index (χ3n) is 5.75. The molecule has 6 nitrogen and oxygen atoms in total. The van der Waals surface area contributed by atoms with E-state index in [9.17, 15) is 15.3 Å². The molecule has 37 heavy (non-hydrogen) atoms. The largest absolute Gasteiger partial charge is 3.00 e. The van der Waals surface area contributed by atoms with E-state index in [1.807, 2.05) is 75.4 Å². The third kappa shape index (κ3) is 7.07. The van der Waals surface area contributed by atoms with Crippen molar-refractivity contribution >= 4 is 61.1 Å². The summed E-state index contributed by atoms with van der Waals surface area (Å²) in [5.74, 6) is 0.0519. The zero-order chi connectivity index (χ0) is 25.7. The smallest absolute Gasteiger partial charge is 0.873 e. The summed E-state index contributed by atoms with van der Waals surface area (Å²) in [7, 11) is 0. The summed E-state index contributed by atoms with van der Waals surface area (Å²) in [6.07, 6.45) is 11.8. The molecule has 0 saturated carbocycles. The average molecular weight is 592 g/mol. The molecule has 7 heteroatoms. The zero-order valence-electron chi connectivity index (χ0n) is 21.0. The number of hydrogen-bond acceptors (Lipinski definition) is 3. The van der Waals surface area contributed by atoms with E-state index in [4.69, 9.17) is 0 Å². The Morgan fingerprint density at radius 3 is 1.03 bits per heavy atom. The van der Waals surface area contributed by atoms with Crippen LogP contribution in [0.1, 0.15) is 37.5 Å². The molecule has 0 N–H and O–H groups in total. The first-order valence-corrected chi connectivity index (χ1v) is 11.9. The van der Waals surface area contributed by atoms with Crippen molar-refractivity contribution in [1.29, 1.82) is 0 Å². The SMILES string of the molecule is CC1C=Cc2cccc([O-])c2[N-]1.CC1C=Cc2cccc([O-])c2[N-]1.CC1C=Cc2cccc([O-])c2[N-]1.[In+3]. The van der Waals surface area contributed by atoms with Crippen LogP contribution in [0.3, 0.4) is 0 Å². The maximum absolute atomic E-state index is 11.3. The molecule has 3 aromatic rings. The van der Waals surface area contributed by atoms with Gasteiger partial charge in [0.25, 0.3) is 0 Å². The first kappa shape index (κ1) is 28.1. The van der Waals surface area contributed by atoms with Crippen molar-refractivity contribution < 1.29 is 15.3 Å². The van der Waals surface area contributed by atoms with E-state index < -0.39 is 0 Å². The first-order chi connectivity index (χ1) is 17.3. The number of rotatable bonds is 0. The molecular formula is C30H27InN3O3-3. The molecule has 6 rings (SSSR count). The van der Waals surface area contributed by atoms with Crippen LogP contribution >= 0.6 is 0 Å². The Morgan fingerprint density at radius 2 is 0.757 bits per heavy atom. The van der Waals surface area contributed by atoms with Crippen LogP contribution in [-0.4, -0.2) is 44.0 Å². The van der Waals surface area contributed by atoms with Crippen molar-refractivity contribution in [3.63, 3.8) is 0 Å². The van der Waals surface area contributed by atoms with Gasteiger partial charge >= 0.3 is 25.8 Å². The summed E-state index contributed by atoms with van der Waals surface area (Å²) < 4.78 is 0. The van der Waals surface area contributed by atoms with Crippen LogP contribution in [0, 0.1) is 0 Å².